The van der Waals surface area contributed by atoms with Crippen molar-refractivity contribution in [3.63, 3.8) is 0 Å². The first-order chi connectivity index (χ1) is 6.69. The third-order valence-corrected chi connectivity index (χ3v) is 1.84. The van der Waals surface area contributed by atoms with Crippen LogP contribution in [0.25, 0.3) is 0 Å². The fourth-order valence-electron chi connectivity index (χ4n) is 0.810. The minimum Gasteiger partial charge on any atom is -0.493 e. The second kappa shape index (κ2) is 7.38. The molecule has 0 saturated heterocycles. The molecule has 0 saturated carbocycles. The van der Waals surface area contributed by atoms with Gasteiger partial charge in [-0.3, -0.25) is 0 Å². The van der Waals surface area contributed by atoms with Gasteiger partial charge in [-0.2, -0.15) is 0 Å². The second-order valence-corrected chi connectivity index (χ2v) is 3.15. The van der Waals surface area contributed by atoms with Crippen LogP contribution in [0.2, 0.25) is 0 Å². The van der Waals surface area contributed by atoms with Gasteiger partial charge in [0.2, 0.25) is 0 Å². The summed E-state index contributed by atoms with van der Waals surface area (Å²) < 4.78 is 11.1. The number of aldehydes is 1. The van der Waals surface area contributed by atoms with E-state index >= 15 is 0 Å². The Balaban J connectivity index is 0.000000500. The van der Waals surface area contributed by atoms with Crippen molar-refractivity contribution in [3.05, 3.63) is 22.7 Å². The number of hydrogen-bond donors (Lipinski definition) is 0. The second-order valence-electron chi connectivity index (χ2n) is 2.24. The van der Waals surface area contributed by atoms with Crippen LogP contribution >= 0.6 is 15.9 Å². The van der Waals surface area contributed by atoms with E-state index in [2.05, 4.69) is 15.9 Å². The van der Waals surface area contributed by atoms with Crippen LogP contribution in [-0.2, 0) is 4.79 Å². The summed E-state index contributed by atoms with van der Waals surface area (Å²) in [4.78, 5) is 8.81. The van der Waals surface area contributed by atoms with Crippen molar-refractivity contribution in [1.29, 1.82) is 0 Å². The van der Waals surface area contributed by atoms with Gasteiger partial charge in [0.25, 0.3) is 0 Å². The van der Waals surface area contributed by atoms with Gasteiger partial charge in [-0.15, -0.1) is 0 Å². The van der Waals surface area contributed by atoms with E-state index in [0.29, 0.717) is 0 Å². The Morgan fingerprint density at radius 2 is 1.71 bits per heavy atom. The lowest BCUT2D eigenvalue weighted by atomic mass is 10.3. The molecule has 0 aliphatic rings. The maximum Gasteiger partial charge on any atom is 0.161 e. The number of halogens is 1. The van der Waals surface area contributed by atoms with E-state index in [-0.39, 0.29) is 0 Å². The molecular weight excluding hydrogens is 248 g/mol. The smallest absolute Gasteiger partial charge is 0.161 e. The Labute approximate surface area is 92.2 Å². The third-order valence-electron chi connectivity index (χ3n) is 1.35. The van der Waals surface area contributed by atoms with Crippen molar-refractivity contribution in [3.8, 4) is 11.5 Å². The molecule has 4 heteroatoms. The van der Waals surface area contributed by atoms with Gasteiger partial charge < -0.3 is 14.3 Å². The third kappa shape index (κ3) is 4.28. The van der Waals surface area contributed by atoms with Gasteiger partial charge in [-0.05, 0) is 25.1 Å². The van der Waals surface area contributed by atoms with E-state index in [0.717, 1.165) is 22.3 Å². The van der Waals surface area contributed by atoms with Crippen LogP contribution in [-0.4, -0.2) is 20.5 Å². The van der Waals surface area contributed by atoms with Gasteiger partial charge in [0, 0.05) is 4.47 Å². The molecule has 0 bridgehead atoms. The standard InChI is InChI=1S/C8H9BrO2.C2H4O/c1-10-7-4-3-6(9)5-8(7)11-2;1-2-3/h3-5H,1-2H3;2H,1H3. The molecule has 0 aromatic heterocycles. The number of methoxy groups -OCH3 is 2. The van der Waals surface area contributed by atoms with E-state index in [1.807, 2.05) is 18.2 Å². The lowest BCUT2D eigenvalue weighted by Gasteiger charge is -2.06. The summed E-state index contributed by atoms with van der Waals surface area (Å²) in [6, 6.07) is 5.61. The first kappa shape index (κ1) is 13.0. The molecule has 78 valence electrons. The molecule has 0 radical (unpaired) electrons. The number of carbonyl (C=O) groups excluding carboxylic acids is 1. The highest BCUT2D eigenvalue weighted by Gasteiger charge is 2.01. The summed E-state index contributed by atoms with van der Waals surface area (Å²) in [5, 5.41) is 0. The lowest BCUT2D eigenvalue weighted by Crippen LogP contribution is -1.89. The van der Waals surface area contributed by atoms with Crippen LogP contribution in [0, 0.1) is 0 Å². The van der Waals surface area contributed by atoms with Crippen molar-refractivity contribution in [1.82, 2.24) is 0 Å². The highest BCUT2D eigenvalue weighted by atomic mass is 79.9. The van der Waals surface area contributed by atoms with Gasteiger partial charge >= 0.3 is 0 Å². The number of carbonyl (C=O) groups is 1. The molecule has 1 aromatic rings. The molecule has 3 nitrogen and oxygen atoms in total. The highest BCUT2D eigenvalue weighted by Crippen LogP contribution is 2.29. The fraction of sp³-hybridized carbons (Fsp3) is 0.300. The van der Waals surface area contributed by atoms with Crippen molar-refractivity contribution in [2.24, 2.45) is 0 Å². The Hall–Kier alpha value is -1.03. The van der Waals surface area contributed by atoms with E-state index in [4.69, 9.17) is 14.3 Å². The van der Waals surface area contributed by atoms with Gasteiger partial charge in [-0.25, -0.2) is 0 Å². The Kier molecular flexibility index (Phi) is 6.84. The van der Waals surface area contributed by atoms with Gasteiger partial charge in [-0.1, -0.05) is 15.9 Å². The van der Waals surface area contributed by atoms with Crippen molar-refractivity contribution in [2.75, 3.05) is 14.2 Å². The van der Waals surface area contributed by atoms with Crippen LogP contribution < -0.4 is 9.47 Å². The Bertz CT molecular complexity index is 287. The zero-order valence-electron chi connectivity index (χ0n) is 8.41. The predicted octanol–water partition coefficient (Wildman–Crippen LogP) is 2.67. The molecule has 0 aliphatic heterocycles. The molecule has 0 spiro atoms. The summed E-state index contributed by atoms with van der Waals surface area (Å²) in [5.74, 6) is 1.48. The minimum absolute atomic E-state index is 0.738. The van der Waals surface area contributed by atoms with Gasteiger partial charge in [0.15, 0.2) is 11.5 Å². The Morgan fingerprint density at radius 1 is 1.21 bits per heavy atom. The average Bonchev–Trinajstić information content (AvgIpc) is 2.19. The molecule has 0 heterocycles. The molecule has 14 heavy (non-hydrogen) atoms. The molecule has 0 fully saturated rings. The highest BCUT2D eigenvalue weighted by molar-refractivity contribution is 9.10. The van der Waals surface area contributed by atoms with Crippen LogP contribution in [0.5, 0.6) is 11.5 Å². The Morgan fingerprint density at radius 3 is 2.14 bits per heavy atom. The van der Waals surface area contributed by atoms with Gasteiger partial charge in [0.1, 0.15) is 6.29 Å². The fourth-order valence-corrected chi connectivity index (χ4v) is 1.15. The molecule has 0 aliphatic carbocycles. The molecule has 0 unspecified atom stereocenters. The zero-order chi connectivity index (χ0) is 11.0. The molecule has 1 rings (SSSR count). The molecule has 0 amide bonds. The monoisotopic (exact) mass is 260 g/mol. The van der Waals surface area contributed by atoms with Crippen molar-refractivity contribution >= 4 is 22.2 Å². The number of benzene rings is 1. The minimum atomic E-state index is 0.738. The molecule has 0 N–H and O–H groups in total. The van der Waals surface area contributed by atoms with Crippen LogP contribution in [0.4, 0.5) is 0 Å². The number of ether oxygens (including phenoxy) is 2. The maximum absolute atomic E-state index is 8.81. The topological polar surface area (TPSA) is 35.5 Å². The maximum atomic E-state index is 8.81. The summed E-state index contributed by atoms with van der Waals surface area (Å²) in [6.45, 7) is 1.44. The SMILES string of the molecule is CC=O.COc1ccc(Br)cc1OC. The van der Waals surface area contributed by atoms with Gasteiger partial charge in [0.05, 0.1) is 14.2 Å². The lowest BCUT2D eigenvalue weighted by molar-refractivity contribution is -0.106. The van der Waals surface area contributed by atoms with Crippen LogP contribution in [0.3, 0.4) is 0 Å². The normalized spacial score (nSPS) is 8.29. The van der Waals surface area contributed by atoms with E-state index in [1.54, 1.807) is 14.2 Å². The molecular formula is C10H13BrO3. The van der Waals surface area contributed by atoms with E-state index < -0.39 is 0 Å². The first-order valence-electron chi connectivity index (χ1n) is 3.96. The van der Waals surface area contributed by atoms with Crippen molar-refractivity contribution < 1.29 is 14.3 Å². The predicted molar refractivity (Wildman–Crippen MR) is 59.0 cm³/mol. The summed E-state index contributed by atoms with van der Waals surface area (Å²) in [5.41, 5.74) is 0. The summed E-state index contributed by atoms with van der Waals surface area (Å²) in [7, 11) is 3.23. The number of rotatable bonds is 2. The summed E-state index contributed by atoms with van der Waals surface area (Å²) in [6.07, 6.45) is 0.750. The molecule has 1 aromatic carbocycles. The van der Waals surface area contributed by atoms with Crippen LogP contribution in [0.1, 0.15) is 6.92 Å². The van der Waals surface area contributed by atoms with Crippen LogP contribution in [0.15, 0.2) is 22.7 Å². The zero-order valence-corrected chi connectivity index (χ0v) is 10.00. The molecule has 0 atom stereocenters. The first-order valence-corrected chi connectivity index (χ1v) is 4.76. The largest absolute Gasteiger partial charge is 0.493 e. The van der Waals surface area contributed by atoms with E-state index in [1.165, 1.54) is 6.92 Å². The summed E-state index contributed by atoms with van der Waals surface area (Å²) >= 11 is 3.33. The van der Waals surface area contributed by atoms with Crippen molar-refractivity contribution in [2.45, 2.75) is 6.92 Å². The number of hydrogen-bond acceptors (Lipinski definition) is 3. The average molecular weight is 261 g/mol. The quantitative estimate of drug-likeness (QED) is 0.768. The van der Waals surface area contributed by atoms with E-state index in [9.17, 15) is 0 Å².